The van der Waals surface area contributed by atoms with E-state index in [-0.39, 0.29) is 25.0 Å². The summed E-state index contributed by atoms with van der Waals surface area (Å²) in [7, 11) is 0. The van der Waals surface area contributed by atoms with Gasteiger partial charge in [0.05, 0.1) is 45.1 Å². The molecule has 4 rings (SSSR count). The van der Waals surface area contributed by atoms with Crippen molar-refractivity contribution in [2.75, 3.05) is 59.5 Å². The number of hydrogen-bond acceptors (Lipinski definition) is 8. The van der Waals surface area contributed by atoms with Crippen LogP contribution in [0.5, 0.6) is 0 Å². The topological polar surface area (TPSA) is 77.1 Å². The van der Waals surface area contributed by atoms with Crippen LogP contribution in [0.2, 0.25) is 0 Å². The second kappa shape index (κ2) is 12.8. The molecule has 31 heavy (non-hydrogen) atoms. The molecule has 4 heterocycles. The van der Waals surface area contributed by atoms with Crippen LogP contribution in [0.1, 0.15) is 57.8 Å². The van der Waals surface area contributed by atoms with E-state index in [1.807, 2.05) is 0 Å². The minimum absolute atomic E-state index is 0.170. The Labute approximate surface area is 186 Å². The molecule has 8 heteroatoms. The average Bonchev–Trinajstić information content (AvgIpc) is 3.66. The zero-order chi connectivity index (χ0) is 21.2. The summed E-state index contributed by atoms with van der Waals surface area (Å²) in [5.74, 6) is 0. The van der Waals surface area contributed by atoms with Crippen LogP contribution in [0.4, 0.5) is 0 Å². The van der Waals surface area contributed by atoms with Crippen LogP contribution in [0.3, 0.4) is 0 Å². The largest absolute Gasteiger partial charge is 0.378 e. The van der Waals surface area contributed by atoms with Gasteiger partial charge >= 0.3 is 0 Å². The third-order valence-corrected chi connectivity index (χ3v) is 6.25. The highest BCUT2D eigenvalue weighted by molar-refractivity contribution is 4.82. The highest BCUT2D eigenvalue weighted by Crippen LogP contribution is 2.28. The van der Waals surface area contributed by atoms with E-state index in [1.54, 1.807) is 0 Å². The lowest BCUT2D eigenvalue weighted by Crippen LogP contribution is -2.46. The standard InChI is InChI=1S/C23H40O8/c1-4-10-25-20(7-1)29-16-23(15-24-13-19-14-28-19,17-30-21-8-2-5-11-26-21)18-31-22-9-3-6-12-27-22/h19-22H,1-18H2. The zero-order valence-corrected chi connectivity index (χ0v) is 18.8. The summed E-state index contributed by atoms with van der Waals surface area (Å²) in [5.41, 5.74) is -0.461. The minimum atomic E-state index is -0.461. The van der Waals surface area contributed by atoms with Gasteiger partial charge in [0.15, 0.2) is 18.9 Å². The quantitative estimate of drug-likeness (QED) is 0.401. The first-order valence-corrected chi connectivity index (χ1v) is 12.2. The molecule has 0 radical (unpaired) electrons. The van der Waals surface area contributed by atoms with Crippen LogP contribution in [-0.2, 0) is 37.9 Å². The maximum Gasteiger partial charge on any atom is 0.157 e. The van der Waals surface area contributed by atoms with Crippen molar-refractivity contribution in [3.8, 4) is 0 Å². The fraction of sp³-hybridized carbons (Fsp3) is 1.00. The maximum atomic E-state index is 6.23. The van der Waals surface area contributed by atoms with Crippen molar-refractivity contribution in [2.45, 2.75) is 82.8 Å². The smallest absolute Gasteiger partial charge is 0.157 e. The fourth-order valence-electron chi connectivity index (χ4n) is 4.16. The molecule has 0 aromatic rings. The van der Waals surface area contributed by atoms with E-state index in [1.165, 1.54) is 0 Å². The van der Waals surface area contributed by atoms with Crippen molar-refractivity contribution in [1.82, 2.24) is 0 Å². The molecular formula is C23H40O8. The van der Waals surface area contributed by atoms with Crippen molar-refractivity contribution >= 4 is 0 Å². The molecule has 0 aromatic heterocycles. The molecule has 4 aliphatic heterocycles. The summed E-state index contributed by atoms with van der Waals surface area (Å²) in [6, 6.07) is 0. The molecule has 4 unspecified atom stereocenters. The third-order valence-electron chi connectivity index (χ3n) is 6.25. The first-order valence-electron chi connectivity index (χ1n) is 12.2. The maximum absolute atomic E-state index is 6.23. The summed E-state index contributed by atoms with van der Waals surface area (Å²) in [4.78, 5) is 0. The Bertz CT molecular complexity index is 427. The Balaban J connectivity index is 1.37. The third kappa shape index (κ3) is 8.51. The van der Waals surface area contributed by atoms with Crippen LogP contribution in [0.25, 0.3) is 0 Å². The van der Waals surface area contributed by atoms with Crippen LogP contribution >= 0.6 is 0 Å². The second-order valence-corrected chi connectivity index (χ2v) is 9.29. The molecule has 4 saturated heterocycles. The van der Waals surface area contributed by atoms with Crippen molar-refractivity contribution in [2.24, 2.45) is 5.41 Å². The van der Waals surface area contributed by atoms with Gasteiger partial charge in [-0.05, 0) is 57.8 Å². The van der Waals surface area contributed by atoms with Gasteiger partial charge in [-0.2, -0.15) is 0 Å². The average molecular weight is 445 g/mol. The molecule has 0 aliphatic carbocycles. The Kier molecular flexibility index (Phi) is 9.83. The Morgan fingerprint density at radius 1 is 0.581 bits per heavy atom. The summed E-state index contributed by atoms with van der Waals surface area (Å²) in [5, 5.41) is 0. The van der Waals surface area contributed by atoms with Gasteiger partial charge in [-0.3, -0.25) is 0 Å². The van der Waals surface area contributed by atoms with E-state index in [0.29, 0.717) is 33.0 Å². The highest BCUT2D eigenvalue weighted by Gasteiger charge is 2.37. The van der Waals surface area contributed by atoms with Gasteiger partial charge < -0.3 is 37.9 Å². The first kappa shape index (κ1) is 23.8. The molecule has 0 bridgehead atoms. The van der Waals surface area contributed by atoms with Crippen molar-refractivity contribution < 1.29 is 37.9 Å². The summed E-state index contributed by atoms with van der Waals surface area (Å²) in [6.45, 7) is 5.44. The monoisotopic (exact) mass is 444 g/mol. The van der Waals surface area contributed by atoms with Crippen molar-refractivity contribution in [3.05, 3.63) is 0 Å². The van der Waals surface area contributed by atoms with Gasteiger partial charge in [0.2, 0.25) is 0 Å². The highest BCUT2D eigenvalue weighted by atomic mass is 16.7. The van der Waals surface area contributed by atoms with Gasteiger partial charge in [0, 0.05) is 19.8 Å². The van der Waals surface area contributed by atoms with Gasteiger partial charge in [0.25, 0.3) is 0 Å². The van der Waals surface area contributed by atoms with Gasteiger partial charge in [-0.25, -0.2) is 0 Å². The van der Waals surface area contributed by atoms with Crippen molar-refractivity contribution in [1.29, 1.82) is 0 Å². The van der Waals surface area contributed by atoms with Crippen LogP contribution < -0.4 is 0 Å². The molecule has 4 fully saturated rings. The molecule has 8 nitrogen and oxygen atoms in total. The minimum Gasteiger partial charge on any atom is -0.378 e. The van der Waals surface area contributed by atoms with E-state index in [9.17, 15) is 0 Å². The predicted octanol–water partition coefficient (Wildman–Crippen LogP) is 3.02. The number of ether oxygens (including phenoxy) is 8. The Hall–Kier alpha value is -0.320. The molecule has 4 aliphatic rings. The molecule has 180 valence electrons. The molecule has 4 atom stereocenters. The summed E-state index contributed by atoms with van der Waals surface area (Å²) < 4.78 is 47.4. The molecular weight excluding hydrogens is 404 g/mol. The zero-order valence-electron chi connectivity index (χ0n) is 18.8. The van der Waals surface area contributed by atoms with Crippen LogP contribution in [-0.4, -0.2) is 84.4 Å². The normalized spacial score (nSPS) is 33.7. The predicted molar refractivity (Wildman–Crippen MR) is 112 cm³/mol. The van der Waals surface area contributed by atoms with E-state index < -0.39 is 5.41 Å². The Morgan fingerprint density at radius 3 is 1.39 bits per heavy atom. The molecule has 0 spiro atoms. The lowest BCUT2D eigenvalue weighted by atomic mass is 9.92. The van der Waals surface area contributed by atoms with E-state index in [4.69, 9.17) is 37.9 Å². The fourth-order valence-corrected chi connectivity index (χ4v) is 4.16. The second-order valence-electron chi connectivity index (χ2n) is 9.29. The lowest BCUT2D eigenvalue weighted by molar-refractivity contribution is -0.241. The molecule has 0 aromatic carbocycles. The van der Waals surface area contributed by atoms with Gasteiger partial charge in [-0.15, -0.1) is 0 Å². The number of rotatable bonds is 13. The molecule has 0 N–H and O–H groups in total. The number of hydrogen-bond donors (Lipinski definition) is 0. The SMILES string of the molecule is C1CCC(OCC(COCC2CO2)(COC2CCCCO2)COC2CCCCO2)OC1. The molecule has 0 amide bonds. The van der Waals surface area contributed by atoms with E-state index in [2.05, 4.69) is 0 Å². The number of epoxide rings is 1. The van der Waals surface area contributed by atoms with E-state index >= 15 is 0 Å². The van der Waals surface area contributed by atoms with Gasteiger partial charge in [0.1, 0.15) is 6.10 Å². The summed E-state index contributed by atoms with van der Waals surface area (Å²) in [6.07, 6.45) is 9.16. The summed E-state index contributed by atoms with van der Waals surface area (Å²) >= 11 is 0. The first-order chi connectivity index (χ1) is 15.3. The van der Waals surface area contributed by atoms with E-state index in [0.717, 1.165) is 84.2 Å². The van der Waals surface area contributed by atoms with Gasteiger partial charge in [-0.1, -0.05) is 0 Å². The van der Waals surface area contributed by atoms with Crippen LogP contribution in [0, 0.1) is 5.41 Å². The van der Waals surface area contributed by atoms with Crippen LogP contribution in [0.15, 0.2) is 0 Å². The molecule has 0 saturated carbocycles. The lowest BCUT2D eigenvalue weighted by Gasteiger charge is -2.37. The van der Waals surface area contributed by atoms with Crippen molar-refractivity contribution in [3.63, 3.8) is 0 Å². The Morgan fingerprint density at radius 2 is 1.03 bits per heavy atom.